The summed E-state index contributed by atoms with van der Waals surface area (Å²) in [5.41, 5.74) is 0.631. The lowest BCUT2D eigenvalue weighted by atomic mass is 10.4. The van der Waals surface area contributed by atoms with Crippen molar-refractivity contribution in [3.8, 4) is 0 Å². The van der Waals surface area contributed by atoms with E-state index in [1.165, 1.54) is 20.8 Å². The van der Waals surface area contributed by atoms with Crippen LogP contribution < -0.4 is 0 Å². The molecule has 65 heavy (non-hydrogen) atoms. The molecule has 28 nitrogen and oxygen atoms in total. The fraction of sp³-hybridized carbons (Fsp3) is 0.455. The van der Waals surface area contributed by atoms with Crippen molar-refractivity contribution in [3.05, 3.63) is 74.4 Å². The second-order valence-electron chi connectivity index (χ2n) is 10.8. The largest absolute Gasteiger partial charge is 0.472 e. The van der Waals surface area contributed by atoms with E-state index in [0.29, 0.717) is 0 Å². The number of hydrogen-bond donors (Lipinski definition) is 6. The summed E-state index contributed by atoms with van der Waals surface area (Å²) in [4.78, 5) is 115. The molecule has 0 fully saturated rings. The Morgan fingerprint density at radius 2 is 0.554 bits per heavy atom. The van der Waals surface area contributed by atoms with Gasteiger partial charge in [-0.3, -0.25) is 27.1 Å². The van der Waals surface area contributed by atoms with Crippen molar-refractivity contribution in [2.75, 3.05) is 79.3 Å². The minimum atomic E-state index is -4.46. The van der Waals surface area contributed by atoms with Gasteiger partial charge in [-0.05, 0) is 20.8 Å². The fourth-order valence-electron chi connectivity index (χ4n) is 2.37. The molecule has 0 aromatic carbocycles. The summed E-state index contributed by atoms with van der Waals surface area (Å²) in [6.45, 7) is 20.6. The van der Waals surface area contributed by atoms with Gasteiger partial charge in [0.15, 0.2) is 0 Å². The Morgan fingerprint density at radius 3 is 0.723 bits per heavy atom. The first-order chi connectivity index (χ1) is 29.8. The highest BCUT2D eigenvalue weighted by Gasteiger charge is 2.22. The summed E-state index contributed by atoms with van der Waals surface area (Å²) in [7, 11) is -17.5. The maximum atomic E-state index is 11.4. The van der Waals surface area contributed by atoms with E-state index in [-0.39, 0.29) is 96.0 Å². The molecule has 0 aliphatic carbocycles. The van der Waals surface area contributed by atoms with Gasteiger partial charge in [0.2, 0.25) is 0 Å². The second kappa shape index (κ2) is 37.9. The number of phosphoric acid groups is 4. The average molecular weight is 1020 g/mol. The first-order valence-corrected chi connectivity index (χ1v) is 23.4. The highest BCUT2D eigenvalue weighted by atomic mass is 31.2. The maximum absolute atomic E-state index is 11.4. The predicted molar refractivity (Wildman–Crippen MR) is 220 cm³/mol. The quantitative estimate of drug-likeness (QED) is 0.0197. The number of rotatable bonds is 30. The van der Waals surface area contributed by atoms with Crippen LogP contribution in [-0.4, -0.2) is 144 Å². The van der Waals surface area contributed by atoms with E-state index in [4.69, 9.17) is 24.5 Å². The van der Waals surface area contributed by atoms with Crippen molar-refractivity contribution >= 4 is 67.1 Å². The molecule has 374 valence electrons. The first kappa shape index (κ1) is 67.3. The van der Waals surface area contributed by atoms with E-state index in [0.717, 1.165) is 18.2 Å². The van der Waals surface area contributed by atoms with Crippen LogP contribution in [0.15, 0.2) is 74.4 Å². The Hall–Kier alpha value is -4.30. The van der Waals surface area contributed by atoms with Gasteiger partial charge in [-0.2, -0.15) is 0 Å². The van der Waals surface area contributed by atoms with Crippen LogP contribution >= 0.6 is 31.3 Å². The van der Waals surface area contributed by atoms with Gasteiger partial charge in [0.25, 0.3) is 0 Å². The van der Waals surface area contributed by atoms with Crippen molar-refractivity contribution in [1.82, 2.24) is 0 Å². The molecule has 0 saturated heterocycles. The van der Waals surface area contributed by atoms with Gasteiger partial charge in [-0.25, -0.2) is 47.0 Å². The molecular weight excluding hydrogens is 968 g/mol. The fourth-order valence-corrected chi connectivity index (χ4v) is 4.37. The van der Waals surface area contributed by atoms with E-state index in [9.17, 15) is 51.9 Å². The van der Waals surface area contributed by atoms with Crippen molar-refractivity contribution in [3.63, 3.8) is 0 Å². The lowest BCUT2D eigenvalue weighted by molar-refractivity contribution is -0.140. The van der Waals surface area contributed by atoms with Crippen molar-refractivity contribution in [2.45, 2.75) is 20.8 Å². The Kier molecular flexibility index (Phi) is 39.2. The Labute approximate surface area is 373 Å². The van der Waals surface area contributed by atoms with Gasteiger partial charge < -0.3 is 57.8 Å². The summed E-state index contributed by atoms with van der Waals surface area (Å²) in [6, 6.07) is 0. The monoisotopic (exact) mass is 1020 g/mol. The van der Waals surface area contributed by atoms with Crippen LogP contribution in [0.25, 0.3) is 0 Å². The molecule has 0 amide bonds. The Morgan fingerprint density at radius 1 is 0.369 bits per heavy atom. The van der Waals surface area contributed by atoms with E-state index >= 15 is 0 Å². The molecule has 0 aromatic heterocycles. The van der Waals surface area contributed by atoms with Gasteiger partial charge >= 0.3 is 67.1 Å². The molecule has 32 heteroatoms. The minimum Gasteiger partial charge on any atom is -0.460 e. The van der Waals surface area contributed by atoms with Crippen LogP contribution in [0.4, 0.5) is 0 Å². The third kappa shape index (κ3) is 52.2. The van der Waals surface area contributed by atoms with Crippen LogP contribution in [0.3, 0.4) is 0 Å². The Bertz CT molecular complexity index is 1710. The molecule has 6 N–H and O–H groups in total. The first-order valence-electron chi connectivity index (χ1n) is 17.3. The molecule has 0 aliphatic heterocycles. The molecule has 0 unspecified atom stereocenters. The van der Waals surface area contributed by atoms with Crippen LogP contribution in [0.2, 0.25) is 0 Å². The van der Waals surface area contributed by atoms with Gasteiger partial charge in [0.1, 0.15) is 39.6 Å². The zero-order valence-corrected chi connectivity index (χ0v) is 39.0. The molecule has 0 bridgehead atoms. The Balaban J connectivity index is -0.000000392. The molecule has 0 aliphatic rings. The molecule has 0 rings (SSSR count). The molecule has 0 aromatic rings. The minimum absolute atomic E-state index is 0.206. The van der Waals surface area contributed by atoms with Gasteiger partial charge in [-0.15, -0.1) is 0 Å². The summed E-state index contributed by atoms with van der Waals surface area (Å²) in [5, 5.41) is 0. The standard InChI is InChI=1S/C12H19O8P.C10H15O8P.C6H11O6P.C5H9O6P/c1-9(2)11(13)17-5-7-19-21(15,16)20-8-6-18-12(14)10(3)4;1-3-9(11)15-5-7-17-19(13,14)18-8-6-16-10(12)4-2;1-5(2)6(7)11-3-4-12-13(8,9)10;1-2-5(6)10-3-4-11-12(7,8)9/h1,3,5-8H2,2,4H3,(H,15,16);3-4H,1-2,5-8H2,(H,13,14);1,3-4H2,2H3,(H2,8,9,10);2H,1,3-4H2,(H2,7,8,9). The number of carbonyl (C=O) groups is 6. The smallest absolute Gasteiger partial charge is 0.460 e. The second-order valence-corrected chi connectivity index (χ2v) is 16.2. The van der Waals surface area contributed by atoms with Crippen molar-refractivity contribution in [1.29, 1.82) is 0 Å². The topological polar surface area (TPSA) is 403 Å². The number of phosphoric ester groups is 4. The molecule has 0 atom stereocenters. The number of hydrogen-bond acceptors (Lipinski definition) is 22. The predicted octanol–water partition coefficient (Wildman–Crippen LogP) is 1.98. The zero-order chi connectivity index (χ0) is 51.3. The summed E-state index contributed by atoms with van der Waals surface area (Å²) in [5.74, 6) is -3.88. The highest BCUT2D eigenvalue weighted by Crippen LogP contribution is 2.43. The highest BCUT2D eigenvalue weighted by molar-refractivity contribution is 7.47. The summed E-state index contributed by atoms with van der Waals surface area (Å²) < 4.78 is 96.0. The van der Waals surface area contributed by atoms with E-state index < -0.39 is 67.1 Å². The SMILES string of the molecule is C=C(C)C(=O)OCCOP(=O)(O)O.C=C(C)C(=O)OCCOP(=O)(O)OCCOC(=O)C(=C)C.C=CC(=O)OCCOP(=O)(O)O.C=CC(=O)OCCOP(=O)(O)OCCOC(=O)C=C. The van der Waals surface area contributed by atoms with E-state index in [1.807, 2.05) is 0 Å². The van der Waals surface area contributed by atoms with Crippen molar-refractivity contribution < 1.29 is 132 Å². The number of esters is 6. The lowest BCUT2D eigenvalue weighted by Gasteiger charge is -2.12. The summed E-state index contributed by atoms with van der Waals surface area (Å²) >= 11 is 0. The van der Waals surface area contributed by atoms with Crippen LogP contribution in [0, 0.1) is 0 Å². The maximum Gasteiger partial charge on any atom is 0.472 e. The third-order valence-corrected chi connectivity index (χ3v) is 8.09. The van der Waals surface area contributed by atoms with Crippen LogP contribution in [0.1, 0.15) is 20.8 Å². The molecule has 0 radical (unpaired) electrons. The van der Waals surface area contributed by atoms with E-state index in [1.54, 1.807) is 0 Å². The molecule has 0 saturated carbocycles. The van der Waals surface area contributed by atoms with Crippen LogP contribution in [0.5, 0.6) is 0 Å². The van der Waals surface area contributed by atoms with Crippen LogP contribution in [-0.2, 0) is 103 Å². The average Bonchev–Trinajstić information content (AvgIpc) is 3.20. The van der Waals surface area contributed by atoms with E-state index in [2.05, 4.69) is 95.0 Å². The van der Waals surface area contributed by atoms with Gasteiger partial charge in [-0.1, -0.05) is 39.5 Å². The zero-order valence-electron chi connectivity index (χ0n) is 35.4. The molecule has 0 spiro atoms. The van der Waals surface area contributed by atoms with Crippen molar-refractivity contribution in [2.24, 2.45) is 0 Å². The van der Waals surface area contributed by atoms with Gasteiger partial charge in [0, 0.05) is 34.9 Å². The summed E-state index contributed by atoms with van der Waals surface area (Å²) in [6.07, 6.45) is 2.84. The molecule has 0 heterocycles. The lowest BCUT2D eigenvalue weighted by Crippen LogP contribution is -2.12. The number of carbonyl (C=O) groups excluding carboxylic acids is 6. The molecular formula is C33H54O28P4. The van der Waals surface area contributed by atoms with Gasteiger partial charge in [0.05, 0.1) is 39.6 Å². The third-order valence-electron chi connectivity index (χ3n) is 5.01. The normalized spacial score (nSPS) is 10.8. The number of ether oxygens (including phenoxy) is 6.